The molecule has 0 spiro atoms. The molecule has 7 nitrogen and oxygen atoms in total. The van der Waals surface area contributed by atoms with E-state index in [1.54, 1.807) is 24.4 Å². The summed E-state index contributed by atoms with van der Waals surface area (Å²) in [4.78, 5) is 16.1. The van der Waals surface area contributed by atoms with Gasteiger partial charge in [0.2, 0.25) is 15.9 Å². The van der Waals surface area contributed by atoms with Gasteiger partial charge in [0.25, 0.3) is 0 Å². The number of nitrogens with two attached hydrogens (primary N) is 1. The van der Waals surface area contributed by atoms with Crippen LogP contribution in [0.4, 0.5) is 4.39 Å². The third-order valence-corrected chi connectivity index (χ3v) is 6.07. The topological polar surface area (TPSA) is 114 Å². The van der Waals surface area contributed by atoms with E-state index >= 15 is 0 Å². The summed E-state index contributed by atoms with van der Waals surface area (Å²) < 4.78 is 36.8. The number of hydroxylamine groups is 2. The lowest BCUT2D eigenvalue weighted by atomic mass is 9.96. The second kappa shape index (κ2) is 9.74. The smallest absolute Gasteiger partial charge is 0.245 e. The number of carbonyl (C=O) groups is 1. The van der Waals surface area contributed by atoms with Crippen molar-refractivity contribution in [3.63, 3.8) is 0 Å². The van der Waals surface area contributed by atoms with Gasteiger partial charge in [0.1, 0.15) is 5.82 Å². The highest BCUT2D eigenvalue weighted by Gasteiger charge is 2.15. The Balaban J connectivity index is 2.01. The summed E-state index contributed by atoms with van der Waals surface area (Å²) in [6, 6.07) is 12.2. The molecule has 0 radical (unpaired) electrons. The van der Waals surface area contributed by atoms with Gasteiger partial charge in [-0.3, -0.25) is 15.0 Å². The Morgan fingerprint density at radius 3 is 2.41 bits per heavy atom. The molecule has 0 fully saturated rings. The van der Waals surface area contributed by atoms with E-state index in [2.05, 4.69) is 4.98 Å². The molecule has 0 aliphatic rings. The first kappa shape index (κ1) is 23.8. The van der Waals surface area contributed by atoms with E-state index < -0.39 is 21.7 Å². The lowest BCUT2D eigenvalue weighted by Crippen LogP contribution is -2.22. The Morgan fingerprint density at radius 2 is 1.81 bits per heavy atom. The van der Waals surface area contributed by atoms with E-state index in [9.17, 15) is 22.8 Å². The zero-order valence-corrected chi connectivity index (χ0v) is 18.7. The fourth-order valence-electron chi connectivity index (χ4n) is 3.17. The molecule has 1 amide bonds. The van der Waals surface area contributed by atoms with Gasteiger partial charge in [-0.2, -0.15) is 0 Å². The lowest BCUT2D eigenvalue weighted by molar-refractivity contribution is -0.159. The molecule has 3 N–H and O–H groups in total. The number of pyridine rings is 1. The quantitative estimate of drug-likeness (QED) is 0.394. The molecule has 0 saturated carbocycles. The van der Waals surface area contributed by atoms with Crippen molar-refractivity contribution in [3.8, 4) is 22.4 Å². The number of sulfonamides is 1. The van der Waals surface area contributed by atoms with Crippen molar-refractivity contribution >= 4 is 27.5 Å². The molecule has 0 aliphatic heterocycles. The van der Waals surface area contributed by atoms with Gasteiger partial charge in [-0.15, -0.1) is 0 Å². The van der Waals surface area contributed by atoms with Gasteiger partial charge in [0, 0.05) is 30.8 Å². The van der Waals surface area contributed by atoms with Gasteiger partial charge < -0.3 is 0 Å². The van der Waals surface area contributed by atoms with Crippen LogP contribution in [0.15, 0.2) is 59.6 Å². The molecular formula is C22H21ClFN3O4S. The number of primary sulfonamides is 1. The third kappa shape index (κ3) is 5.68. The second-order valence-electron chi connectivity index (χ2n) is 7.21. The van der Waals surface area contributed by atoms with Crippen LogP contribution in [0.5, 0.6) is 0 Å². The van der Waals surface area contributed by atoms with Crippen molar-refractivity contribution in [2.45, 2.75) is 24.2 Å². The highest BCUT2D eigenvalue weighted by molar-refractivity contribution is 7.89. The maximum atomic E-state index is 13.6. The summed E-state index contributed by atoms with van der Waals surface area (Å²) in [5.74, 6) is -0.945. The van der Waals surface area contributed by atoms with Gasteiger partial charge in [-0.1, -0.05) is 23.7 Å². The normalized spacial score (nSPS) is 11.4. The molecule has 10 heteroatoms. The Morgan fingerprint density at radius 1 is 1.16 bits per heavy atom. The van der Waals surface area contributed by atoms with E-state index in [-0.39, 0.29) is 16.3 Å². The summed E-state index contributed by atoms with van der Waals surface area (Å²) in [7, 11) is -2.57. The molecule has 0 aliphatic carbocycles. The minimum Gasteiger partial charge on any atom is -0.286 e. The number of hydrogen-bond donors (Lipinski definition) is 2. The van der Waals surface area contributed by atoms with Crippen LogP contribution in [0, 0.1) is 5.82 Å². The Hall–Kier alpha value is -2.85. The number of benzene rings is 2. The number of carbonyl (C=O) groups excluding carboxylic acids is 1. The zero-order chi connectivity index (χ0) is 23.5. The molecule has 32 heavy (non-hydrogen) atoms. The predicted molar refractivity (Wildman–Crippen MR) is 119 cm³/mol. The number of aromatic nitrogens is 1. The summed E-state index contributed by atoms with van der Waals surface area (Å²) >= 11 is 5.95. The SMILES string of the molecule is CN(O)C(=O)CCCc1cnc(-c2ccc(F)c(Cl)c2)c(-c2ccc(S(N)(=O)=O)cc2)c1. The number of halogens is 2. The minimum atomic E-state index is -3.84. The summed E-state index contributed by atoms with van der Waals surface area (Å²) in [6.07, 6.45) is 2.85. The number of amides is 1. The van der Waals surface area contributed by atoms with Crippen LogP contribution in [0.1, 0.15) is 18.4 Å². The highest BCUT2D eigenvalue weighted by Crippen LogP contribution is 2.33. The molecule has 1 heterocycles. The maximum absolute atomic E-state index is 13.6. The molecule has 3 rings (SSSR count). The first-order valence-electron chi connectivity index (χ1n) is 9.59. The molecule has 0 unspecified atom stereocenters. The average Bonchev–Trinajstić information content (AvgIpc) is 2.75. The van der Waals surface area contributed by atoms with Crippen LogP contribution in [0.25, 0.3) is 22.4 Å². The van der Waals surface area contributed by atoms with E-state index in [0.29, 0.717) is 40.3 Å². The van der Waals surface area contributed by atoms with E-state index in [0.717, 1.165) is 5.56 Å². The van der Waals surface area contributed by atoms with Crippen molar-refractivity contribution in [1.29, 1.82) is 0 Å². The van der Waals surface area contributed by atoms with E-state index in [1.165, 1.54) is 31.3 Å². The van der Waals surface area contributed by atoms with E-state index in [4.69, 9.17) is 16.7 Å². The fourth-order valence-corrected chi connectivity index (χ4v) is 3.86. The van der Waals surface area contributed by atoms with Crippen molar-refractivity contribution < 1.29 is 22.8 Å². The minimum absolute atomic E-state index is 0.0247. The molecule has 0 saturated heterocycles. The van der Waals surface area contributed by atoms with Crippen LogP contribution in [0.2, 0.25) is 5.02 Å². The Kier molecular flexibility index (Phi) is 7.25. The standard InChI is InChI=1S/C22H21ClFN3O4S/c1-27(29)21(28)4-2-3-14-11-18(15-5-8-17(9-6-15)32(25,30)31)22(26-13-14)16-7-10-20(24)19(23)12-16/h5-13,29H,2-4H2,1H3,(H2,25,30,31). The molecule has 0 bridgehead atoms. The lowest BCUT2D eigenvalue weighted by Gasteiger charge is -2.13. The van der Waals surface area contributed by atoms with Gasteiger partial charge >= 0.3 is 0 Å². The number of rotatable bonds is 7. The average molecular weight is 478 g/mol. The molecule has 168 valence electrons. The van der Waals surface area contributed by atoms with Gasteiger partial charge in [0.05, 0.1) is 15.6 Å². The Bertz CT molecular complexity index is 1250. The van der Waals surface area contributed by atoms with Crippen LogP contribution in [-0.2, 0) is 21.2 Å². The van der Waals surface area contributed by atoms with Gasteiger partial charge in [-0.25, -0.2) is 23.0 Å². The molecular weight excluding hydrogens is 457 g/mol. The van der Waals surface area contributed by atoms with Crippen LogP contribution >= 0.6 is 11.6 Å². The first-order valence-corrected chi connectivity index (χ1v) is 11.5. The largest absolute Gasteiger partial charge is 0.286 e. The molecule has 3 aromatic rings. The fraction of sp³-hybridized carbons (Fsp3) is 0.182. The van der Waals surface area contributed by atoms with Crippen molar-refractivity contribution in [1.82, 2.24) is 10.0 Å². The van der Waals surface area contributed by atoms with Crippen molar-refractivity contribution in [3.05, 3.63) is 71.1 Å². The predicted octanol–water partition coefficient (Wildman–Crippen LogP) is 4.03. The zero-order valence-electron chi connectivity index (χ0n) is 17.1. The molecule has 1 aromatic heterocycles. The van der Waals surface area contributed by atoms with Crippen LogP contribution < -0.4 is 5.14 Å². The Labute approximate surface area is 190 Å². The maximum Gasteiger partial charge on any atom is 0.245 e. The van der Waals surface area contributed by atoms with Gasteiger partial charge in [0.15, 0.2) is 0 Å². The van der Waals surface area contributed by atoms with Crippen LogP contribution in [0.3, 0.4) is 0 Å². The van der Waals surface area contributed by atoms with E-state index in [1.807, 2.05) is 6.07 Å². The first-order chi connectivity index (χ1) is 15.1. The van der Waals surface area contributed by atoms with Gasteiger partial charge in [-0.05, 0) is 60.4 Å². The van der Waals surface area contributed by atoms with Crippen molar-refractivity contribution in [2.75, 3.05) is 7.05 Å². The van der Waals surface area contributed by atoms with Crippen LogP contribution in [-0.4, -0.2) is 36.6 Å². The summed E-state index contributed by atoms with van der Waals surface area (Å²) in [6.45, 7) is 0. The van der Waals surface area contributed by atoms with Crippen molar-refractivity contribution in [2.24, 2.45) is 5.14 Å². The molecule has 0 atom stereocenters. The number of nitrogens with zero attached hydrogens (tertiary/aromatic N) is 2. The monoisotopic (exact) mass is 477 g/mol. The summed E-state index contributed by atoms with van der Waals surface area (Å²) in [5.41, 5.74) is 3.31. The summed E-state index contributed by atoms with van der Waals surface area (Å²) in [5, 5.41) is 14.9. The highest BCUT2D eigenvalue weighted by atomic mass is 35.5. The number of hydrogen-bond acceptors (Lipinski definition) is 5. The second-order valence-corrected chi connectivity index (χ2v) is 9.18. The third-order valence-electron chi connectivity index (χ3n) is 4.85. The number of aryl methyl sites for hydroxylation is 1. The molecule has 2 aromatic carbocycles.